The molecule has 1 amide bonds. The maximum atomic E-state index is 11.4. The van der Waals surface area contributed by atoms with Crippen molar-refractivity contribution in [1.82, 2.24) is 19.8 Å². The Kier molecular flexibility index (Phi) is 5.46. The molecular formula is C18H28N4O2. The summed E-state index contributed by atoms with van der Waals surface area (Å²) in [6, 6.07) is 1.85. The lowest BCUT2D eigenvalue weighted by molar-refractivity contribution is -0.133. The second kappa shape index (κ2) is 7.57. The molecule has 0 aliphatic carbocycles. The van der Waals surface area contributed by atoms with Crippen LogP contribution in [-0.2, 0) is 11.2 Å². The Hall–Kier alpha value is -1.53. The highest BCUT2D eigenvalue weighted by Gasteiger charge is 2.35. The molecule has 3 heterocycles. The molecule has 2 aliphatic rings. The molecular weight excluding hydrogens is 304 g/mol. The summed E-state index contributed by atoms with van der Waals surface area (Å²) >= 11 is 0. The van der Waals surface area contributed by atoms with Gasteiger partial charge in [0.25, 0.3) is 0 Å². The van der Waals surface area contributed by atoms with E-state index in [1.807, 2.05) is 11.0 Å². The van der Waals surface area contributed by atoms with Gasteiger partial charge in [0.05, 0.1) is 5.60 Å². The van der Waals surface area contributed by atoms with Crippen molar-refractivity contribution >= 4 is 5.91 Å². The zero-order chi connectivity index (χ0) is 17.0. The predicted octanol–water partition coefficient (Wildman–Crippen LogP) is 1.10. The topological polar surface area (TPSA) is 69.6 Å². The Morgan fingerprint density at radius 3 is 2.42 bits per heavy atom. The molecule has 0 atom stereocenters. The fourth-order valence-electron chi connectivity index (χ4n) is 3.85. The van der Waals surface area contributed by atoms with E-state index in [-0.39, 0.29) is 5.91 Å². The average Bonchev–Trinajstić information content (AvgIpc) is 2.58. The van der Waals surface area contributed by atoms with E-state index >= 15 is 0 Å². The monoisotopic (exact) mass is 332 g/mol. The van der Waals surface area contributed by atoms with Crippen LogP contribution < -0.4 is 0 Å². The summed E-state index contributed by atoms with van der Waals surface area (Å²) < 4.78 is 0. The molecule has 2 aliphatic heterocycles. The second-order valence-corrected chi connectivity index (χ2v) is 7.32. The number of piperidine rings is 2. The number of carbonyl (C=O) groups excluding carboxylic acids is 1. The molecule has 2 saturated heterocycles. The first-order valence-electron chi connectivity index (χ1n) is 9.00. The van der Waals surface area contributed by atoms with Gasteiger partial charge in [0.15, 0.2) is 0 Å². The van der Waals surface area contributed by atoms with E-state index in [1.165, 1.54) is 0 Å². The number of hydrogen-bond acceptors (Lipinski definition) is 5. The molecule has 0 unspecified atom stereocenters. The first-order chi connectivity index (χ1) is 11.5. The van der Waals surface area contributed by atoms with Crippen molar-refractivity contribution in [3.63, 3.8) is 0 Å². The smallest absolute Gasteiger partial charge is 0.219 e. The third-order valence-electron chi connectivity index (χ3n) is 5.46. The maximum absolute atomic E-state index is 11.4. The molecule has 6 nitrogen and oxygen atoms in total. The molecule has 1 aromatic heterocycles. The summed E-state index contributed by atoms with van der Waals surface area (Å²) in [6.45, 7) is 5.73. The maximum Gasteiger partial charge on any atom is 0.219 e. The molecule has 132 valence electrons. The Balaban J connectivity index is 1.43. The molecule has 3 rings (SSSR count). The number of β-amino-alcohol motifs (C(OH)–C–C–N with tert-alkyl or cyclic N) is 1. The van der Waals surface area contributed by atoms with Crippen LogP contribution >= 0.6 is 0 Å². The van der Waals surface area contributed by atoms with Crippen LogP contribution in [0.4, 0.5) is 0 Å². The Morgan fingerprint density at radius 2 is 1.83 bits per heavy atom. The van der Waals surface area contributed by atoms with Gasteiger partial charge in [-0.3, -0.25) is 4.79 Å². The van der Waals surface area contributed by atoms with Crippen molar-refractivity contribution in [3.8, 4) is 0 Å². The van der Waals surface area contributed by atoms with Crippen LogP contribution in [-0.4, -0.2) is 69.1 Å². The predicted molar refractivity (Wildman–Crippen MR) is 91.3 cm³/mol. The average molecular weight is 332 g/mol. The van der Waals surface area contributed by atoms with Crippen molar-refractivity contribution in [1.29, 1.82) is 0 Å². The fraction of sp³-hybridized carbons (Fsp3) is 0.722. The third kappa shape index (κ3) is 4.51. The van der Waals surface area contributed by atoms with E-state index in [1.54, 1.807) is 19.3 Å². The number of amides is 1. The SMILES string of the molecule is CC(=O)N1CCC(O)(CN2CCC(Cc3ncccn3)CC2)CC1. The van der Waals surface area contributed by atoms with E-state index in [0.29, 0.717) is 31.8 Å². The summed E-state index contributed by atoms with van der Waals surface area (Å²) in [6.07, 6.45) is 8.20. The van der Waals surface area contributed by atoms with Gasteiger partial charge in [0.2, 0.25) is 5.91 Å². The highest BCUT2D eigenvalue weighted by Crippen LogP contribution is 2.27. The lowest BCUT2D eigenvalue weighted by atomic mass is 9.88. The van der Waals surface area contributed by atoms with Crippen molar-refractivity contribution in [2.75, 3.05) is 32.7 Å². The normalized spacial score (nSPS) is 22.5. The second-order valence-electron chi connectivity index (χ2n) is 7.32. The number of carbonyl (C=O) groups is 1. The highest BCUT2D eigenvalue weighted by atomic mass is 16.3. The molecule has 1 aromatic rings. The Morgan fingerprint density at radius 1 is 1.21 bits per heavy atom. The first kappa shape index (κ1) is 17.3. The van der Waals surface area contributed by atoms with Gasteiger partial charge in [-0.1, -0.05) is 0 Å². The van der Waals surface area contributed by atoms with Crippen molar-refractivity contribution < 1.29 is 9.90 Å². The number of aliphatic hydroxyl groups is 1. The number of nitrogens with zero attached hydrogens (tertiary/aromatic N) is 4. The van der Waals surface area contributed by atoms with E-state index < -0.39 is 5.60 Å². The number of hydrogen-bond donors (Lipinski definition) is 1. The molecule has 0 saturated carbocycles. The van der Waals surface area contributed by atoms with Gasteiger partial charge in [-0.2, -0.15) is 0 Å². The minimum atomic E-state index is -0.638. The lowest BCUT2D eigenvalue weighted by Gasteiger charge is -2.42. The zero-order valence-corrected chi connectivity index (χ0v) is 14.5. The summed E-state index contributed by atoms with van der Waals surface area (Å²) in [4.78, 5) is 24.3. The van der Waals surface area contributed by atoms with Gasteiger partial charge in [-0.15, -0.1) is 0 Å². The third-order valence-corrected chi connectivity index (χ3v) is 5.46. The standard InChI is InChI=1S/C18H28N4O2/c1-15(23)22-11-5-18(24,6-12-22)14-21-9-3-16(4-10-21)13-17-19-7-2-8-20-17/h2,7-8,16,24H,3-6,9-14H2,1H3. The van der Waals surface area contributed by atoms with Crippen molar-refractivity contribution in [2.24, 2.45) is 5.92 Å². The summed E-state index contributed by atoms with van der Waals surface area (Å²) in [5, 5.41) is 10.8. The lowest BCUT2D eigenvalue weighted by Crippen LogP contribution is -2.53. The molecule has 0 spiro atoms. The first-order valence-corrected chi connectivity index (χ1v) is 9.00. The van der Waals surface area contributed by atoms with E-state index in [2.05, 4.69) is 14.9 Å². The number of aromatic nitrogens is 2. The van der Waals surface area contributed by atoms with Crippen LogP contribution in [0.25, 0.3) is 0 Å². The van der Waals surface area contributed by atoms with Crippen molar-refractivity contribution in [3.05, 3.63) is 24.3 Å². The molecule has 6 heteroatoms. The van der Waals surface area contributed by atoms with Crippen LogP contribution in [0.5, 0.6) is 0 Å². The molecule has 1 N–H and O–H groups in total. The quantitative estimate of drug-likeness (QED) is 0.894. The van der Waals surface area contributed by atoms with Gasteiger partial charge in [-0.25, -0.2) is 9.97 Å². The summed E-state index contributed by atoms with van der Waals surface area (Å²) in [7, 11) is 0. The van der Waals surface area contributed by atoms with Gasteiger partial charge >= 0.3 is 0 Å². The molecule has 0 radical (unpaired) electrons. The van der Waals surface area contributed by atoms with Crippen LogP contribution in [0.3, 0.4) is 0 Å². The summed E-state index contributed by atoms with van der Waals surface area (Å²) in [5.41, 5.74) is -0.638. The largest absolute Gasteiger partial charge is 0.388 e. The number of rotatable bonds is 4. The molecule has 2 fully saturated rings. The van der Waals surface area contributed by atoms with Gasteiger partial charge in [0.1, 0.15) is 5.82 Å². The minimum Gasteiger partial charge on any atom is -0.388 e. The molecule has 24 heavy (non-hydrogen) atoms. The van der Waals surface area contributed by atoms with Crippen LogP contribution in [0.15, 0.2) is 18.5 Å². The van der Waals surface area contributed by atoms with Gasteiger partial charge < -0.3 is 14.9 Å². The molecule has 0 aromatic carbocycles. The van der Waals surface area contributed by atoms with Gasteiger partial charge in [-0.05, 0) is 50.8 Å². The van der Waals surface area contributed by atoms with E-state index in [4.69, 9.17) is 0 Å². The van der Waals surface area contributed by atoms with Crippen LogP contribution in [0.1, 0.15) is 38.4 Å². The highest BCUT2D eigenvalue weighted by molar-refractivity contribution is 5.73. The summed E-state index contributed by atoms with van der Waals surface area (Å²) in [5.74, 6) is 1.69. The molecule has 0 bridgehead atoms. The van der Waals surface area contributed by atoms with Crippen LogP contribution in [0.2, 0.25) is 0 Å². The van der Waals surface area contributed by atoms with Gasteiger partial charge in [0, 0.05) is 45.4 Å². The Labute approximate surface area is 143 Å². The fourth-order valence-corrected chi connectivity index (χ4v) is 3.85. The van der Waals surface area contributed by atoms with E-state index in [9.17, 15) is 9.90 Å². The van der Waals surface area contributed by atoms with Crippen LogP contribution in [0, 0.1) is 5.92 Å². The zero-order valence-electron chi connectivity index (χ0n) is 14.5. The minimum absolute atomic E-state index is 0.112. The van der Waals surface area contributed by atoms with Crippen molar-refractivity contribution in [2.45, 2.75) is 44.6 Å². The van der Waals surface area contributed by atoms with E-state index in [0.717, 1.165) is 44.7 Å². The Bertz CT molecular complexity index is 535. The number of likely N-dealkylation sites (tertiary alicyclic amines) is 2.